The Balaban J connectivity index is 3.08. The Morgan fingerprint density at radius 1 is 1.53 bits per heavy atom. The lowest BCUT2D eigenvalue weighted by atomic mass is 10.1. The van der Waals surface area contributed by atoms with Crippen molar-refractivity contribution in [2.45, 2.75) is 19.0 Å². The molecule has 0 saturated heterocycles. The number of hydrogen-bond acceptors (Lipinski definition) is 2. The molecule has 15 heavy (non-hydrogen) atoms. The number of carbonyl (C=O) groups is 1. The standard InChI is InChI=1S/C9H8F3NO2/c1-5(8(14)15)7-4-6(2-3-13-7)9(10,11)12/h2-5H,1H3,(H,14,15). The first-order valence-electron chi connectivity index (χ1n) is 4.08. The minimum absolute atomic E-state index is 0.0997. The fourth-order valence-electron chi connectivity index (χ4n) is 0.988. The van der Waals surface area contributed by atoms with Crippen molar-refractivity contribution in [2.75, 3.05) is 0 Å². The number of pyridine rings is 1. The third kappa shape index (κ3) is 2.68. The molecule has 0 saturated carbocycles. The maximum atomic E-state index is 12.3. The van der Waals surface area contributed by atoms with Gasteiger partial charge in [0.1, 0.15) is 0 Å². The Hall–Kier alpha value is -1.59. The molecule has 0 aliphatic carbocycles. The van der Waals surface area contributed by atoms with Crippen LogP contribution in [0.3, 0.4) is 0 Å². The molecule has 0 radical (unpaired) electrons. The van der Waals surface area contributed by atoms with Crippen LogP contribution in [0.1, 0.15) is 24.1 Å². The molecule has 1 N–H and O–H groups in total. The lowest BCUT2D eigenvalue weighted by Gasteiger charge is -2.09. The molecule has 0 fully saturated rings. The van der Waals surface area contributed by atoms with Crippen LogP contribution in [-0.4, -0.2) is 16.1 Å². The molecule has 1 aromatic rings. The van der Waals surface area contributed by atoms with Crippen LogP contribution in [0.5, 0.6) is 0 Å². The minimum atomic E-state index is -4.48. The van der Waals surface area contributed by atoms with Crippen molar-refractivity contribution in [1.29, 1.82) is 0 Å². The summed E-state index contributed by atoms with van der Waals surface area (Å²) < 4.78 is 36.8. The van der Waals surface area contributed by atoms with Crippen molar-refractivity contribution >= 4 is 5.97 Å². The predicted molar refractivity (Wildman–Crippen MR) is 45.3 cm³/mol. The predicted octanol–water partition coefficient (Wildman–Crippen LogP) is 2.29. The molecule has 3 nitrogen and oxygen atoms in total. The Bertz CT molecular complexity index is 376. The number of aromatic nitrogens is 1. The summed E-state index contributed by atoms with van der Waals surface area (Å²) in [5, 5.41) is 8.61. The summed E-state index contributed by atoms with van der Waals surface area (Å²) in [4.78, 5) is 14.1. The van der Waals surface area contributed by atoms with Gasteiger partial charge in [-0.1, -0.05) is 0 Å². The van der Waals surface area contributed by atoms with Crippen LogP contribution < -0.4 is 0 Å². The van der Waals surface area contributed by atoms with E-state index in [-0.39, 0.29) is 5.69 Å². The smallest absolute Gasteiger partial charge is 0.416 e. The Morgan fingerprint density at radius 2 is 2.13 bits per heavy atom. The summed E-state index contributed by atoms with van der Waals surface area (Å²) in [5.41, 5.74) is -0.988. The molecule has 1 heterocycles. The lowest BCUT2D eigenvalue weighted by Crippen LogP contribution is -2.12. The fraction of sp³-hybridized carbons (Fsp3) is 0.333. The average Bonchev–Trinajstić information content (AvgIpc) is 2.15. The second-order valence-electron chi connectivity index (χ2n) is 3.03. The summed E-state index contributed by atoms with van der Waals surface area (Å²) in [5.74, 6) is -2.26. The first-order valence-corrected chi connectivity index (χ1v) is 4.08. The third-order valence-corrected chi connectivity index (χ3v) is 1.92. The van der Waals surface area contributed by atoms with Gasteiger partial charge >= 0.3 is 12.1 Å². The van der Waals surface area contributed by atoms with Gasteiger partial charge in [0, 0.05) is 6.20 Å². The topological polar surface area (TPSA) is 50.2 Å². The van der Waals surface area contributed by atoms with Gasteiger partial charge in [-0.05, 0) is 19.1 Å². The number of halogens is 3. The molecular formula is C9H8F3NO2. The van der Waals surface area contributed by atoms with E-state index >= 15 is 0 Å². The first-order chi connectivity index (χ1) is 6.82. The largest absolute Gasteiger partial charge is 0.481 e. The van der Waals surface area contributed by atoms with E-state index in [1.165, 1.54) is 6.92 Å². The van der Waals surface area contributed by atoms with E-state index in [1.54, 1.807) is 0 Å². The highest BCUT2D eigenvalue weighted by atomic mass is 19.4. The average molecular weight is 219 g/mol. The third-order valence-electron chi connectivity index (χ3n) is 1.92. The number of rotatable bonds is 2. The molecule has 82 valence electrons. The van der Waals surface area contributed by atoms with Crippen LogP contribution in [0, 0.1) is 0 Å². The molecule has 0 amide bonds. The summed E-state index contributed by atoms with van der Waals surface area (Å²) in [6.07, 6.45) is -3.52. The van der Waals surface area contributed by atoms with E-state index in [4.69, 9.17) is 5.11 Å². The number of carboxylic acids is 1. The van der Waals surface area contributed by atoms with E-state index in [0.29, 0.717) is 0 Å². The summed E-state index contributed by atoms with van der Waals surface area (Å²) >= 11 is 0. The molecule has 1 unspecified atom stereocenters. The molecular weight excluding hydrogens is 211 g/mol. The summed E-state index contributed by atoms with van der Waals surface area (Å²) in [6.45, 7) is 1.28. The van der Waals surface area contributed by atoms with Gasteiger partial charge in [-0.2, -0.15) is 13.2 Å². The van der Waals surface area contributed by atoms with E-state index in [9.17, 15) is 18.0 Å². The fourth-order valence-corrected chi connectivity index (χ4v) is 0.988. The molecule has 0 spiro atoms. The summed E-state index contributed by atoms with van der Waals surface area (Å²) in [7, 11) is 0. The van der Waals surface area contributed by atoms with Crippen LogP contribution in [0.4, 0.5) is 13.2 Å². The maximum Gasteiger partial charge on any atom is 0.416 e. The molecule has 1 rings (SSSR count). The molecule has 1 aromatic heterocycles. The monoisotopic (exact) mass is 219 g/mol. The molecule has 1 atom stereocenters. The molecule has 0 bridgehead atoms. The zero-order valence-corrected chi connectivity index (χ0v) is 7.75. The van der Waals surface area contributed by atoms with E-state index in [0.717, 1.165) is 18.3 Å². The van der Waals surface area contributed by atoms with Gasteiger partial charge in [0.25, 0.3) is 0 Å². The highest BCUT2D eigenvalue weighted by Crippen LogP contribution is 2.30. The normalized spacial score (nSPS) is 13.6. The maximum absolute atomic E-state index is 12.3. The lowest BCUT2D eigenvalue weighted by molar-refractivity contribution is -0.140. The van der Waals surface area contributed by atoms with E-state index < -0.39 is 23.6 Å². The van der Waals surface area contributed by atoms with Crippen molar-refractivity contribution in [3.05, 3.63) is 29.6 Å². The zero-order chi connectivity index (χ0) is 11.6. The van der Waals surface area contributed by atoms with Crippen LogP contribution in [0.2, 0.25) is 0 Å². The molecule has 0 aliphatic heterocycles. The van der Waals surface area contributed by atoms with Gasteiger partial charge in [-0.3, -0.25) is 9.78 Å². The van der Waals surface area contributed by atoms with Gasteiger partial charge in [-0.25, -0.2) is 0 Å². The van der Waals surface area contributed by atoms with Gasteiger partial charge in [-0.15, -0.1) is 0 Å². The Morgan fingerprint density at radius 3 is 2.60 bits per heavy atom. The highest BCUT2D eigenvalue weighted by Gasteiger charge is 2.31. The number of aliphatic carboxylic acids is 1. The number of alkyl halides is 3. The number of carboxylic acid groups (broad SMARTS) is 1. The highest BCUT2D eigenvalue weighted by molar-refractivity contribution is 5.74. The van der Waals surface area contributed by atoms with Gasteiger partial charge in [0.2, 0.25) is 0 Å². The second-order valence-corrected chi connectivity index (χ2v) is 3.03. The van der Waals surface area contributed by atoms with Crippen LogP contribution >= 0.6 is 0 Å². The van der Waals surface area contributed by atoms with E-state index in [1.807, 2.05) is 0 Å². The van der Waals surface area contributed by atoms with E-state index in [2.05, 4.69) is 4.98 Å². The van der Waals surface area contributed by atoms with Crippen LogP contribution in [-0.2, 0) is 11.0 Å². The number of hydrogen-bond donors (Lipinski definition) is 1. The van der Waals surface area contributed by atoms with Crippen molar-refractivity contribution in [3.8, 4) is 0 Å². The summed E-state index contributed by atoms with van der Waals surface area (Å²) in [6, 6.07) is 1.55. The van der Waals surface area contributed by atoms with Crippen LogP contribution in [0.25, 0.3) is 0 Å². The molecule has 0 aliphatic rings. The Kier molecular flexibility index (Phi) is 2.97. The number of nitrogens with zero attached hydrogens (tertiary/aromatic N) is 1. The molecule has 6 heteroatoms. The van der Waals surface area contributed by atoms with Crippen molar-refractivity contribution < 1.29 is 23.1 Å². The zero-order valence-electron chi connectivity index (χ0n) is 7.75. The van der Waals surface area contributed by atoms with Crippen molar-refractivity contribution in [1.82, 2.24) is 4.98 Å². The minimum Gasteiger partial charge on any atom is -0.481 e. The molecule has 0 aromatic carbocycles. The first kappa shape index (κ1) is 11.5. The van der Waals surface area contributed by atoms with Gasteiger partial charge in [0.15, 0.2) is 0 Å². The van der Waals surface area contributed by atoms with Gasteiger partial charge < -0.3 is 5.11 Å². The SMILES string of the molecule is CC(C(=O)O)c1cc(C(F)(F)F)ccn1. The van der Waals surface area contributed by atoms with Crippen molar-refractivity contribution in [2.24, 2.45) is 0 Å². The van der Waals surface area contributed by atoms with Crippen LogP contribution in [0.15, 0.2) is 18.3 Å². The van der Waals surface area contributed by atoms with Crippen molar-refractivity contribution in [3.63, 3.8) is 0 Å². The second kappa shape index (κ2) is 3.88. The Labute approximate surface area is 83.6 Å². The van der Waals surface area contributed by atoms with Gasteiger partial charge in [0.05, 0.1) is 17.2 Å². The quantitative estimate of drug-likeness (QED) is 0.830.